The van der Waals surface area contributed by atoms with E-state index in [9.17, 15) is 19.8 Å². The predicted octanol–water partition coefficient (Wildman–Crippen LogP) is 1.16. The third kappa shape index (κ3) is 2.82. The van der Waals surface area contributed by atoms with E-state index in [2.05, 4.69) is 0 Å². The number of hydrogen-bond donors (Lipinski definition) is 2. The van der Waals surface area contributed by atoms with E-state index in [1.54, 1.807) is 6.08 Å². The van der Waals surface area contributed by atoms with Gasteiger partial charge in [-0.25, -0.2) is 0 Å². The van der Waals surface area contributed by atoms with Crippen LogP contribution in [0.1, 0.15) is 19.8 Å². The second kappa shape index (κ2) is 5.10. The van der Waals surface area contributed by atoms with Crippen LogP contribution >= 0.6 is 0 Å². The maximum Gasteiger partial charge on any atom is 0.314 e. The number of carbonyl (C=O) groups is 2. The fourth-order valence-corrected chi connectivity index (χ4v) is 3.49. The average molecular weight is 296 g/mol. The van der Waals surface area contributed by atoms with Crippen molar-refractivity contribution < 1.29 is 29.3 Å². The second-order valence-electron chi connectivity index (χ2n) is 6.47. The van der Waals surface area contributed by atoms with Crippen molar-refractivity contribution in [2.75, 3.05) is 13.2 Å². The zero-order valence-electron chi connectivity index (χ0n) is 11.9. The summed E-state index contributed by atoms with van der Waals surface area (Å²) >= 11 is 0. The quantitative estimate of drug-likeness (QED) is 0.563. The Hall–Kier alpha value is -1.40. The van der Waals surface area contributed by atoms with Crippen molar-refractivity contribution in [1.82, 2.24) is 0 Å². The molecular weight excluding hydrogens is 276 g/mol. The molecule has 2 saturated heterocycles. The molecule has 21 heavy (non-hydrogen) atoms. The number of hydrogen-bond acceptors (Lipinski definition) is 4. The minimum atomic E-state index is -1.37. The Balaban J connectivity index is 1.91. The lowest BCUT2D eigenvalue weighted by Crippen LogP contribution is -2.48. The van der Waals surface area contributed by atoms with Crippen LogP contribution in [0.2, 0.25) is 0 Å². The molecule has 0 aromatic carbocycles. The molecule has 0 amide bonds. The van der Waals surface area contributed by atoms with Gasteiger partial charge in [0.1, 0.15) is 0 Å². The second-order valence-corrected chi connectivity index (χ2v) is 6.47. The van der Waals surface area contributed by atoms with Gasteiger partial charge in [0.15, 0.2) is 0 Å². The number of rotatable bonds is 6. The number of epoxide rings is 2. The number of carboxylic acids is 2. The zero-order chi connectivity index (χ0) is 15.2. The summed E-state index contributed by atoms with van der Waals surface area (Å²) in [7, 11) is 0. The zero-order valence-corrected chi connectivity index (χ0v) is 11.9. The van der Waals surface area contributed by atoms with Crippen LogP contribution in [0.4, 0.5) is 0 Å². The van der Waals surface area contributed by atoms with E-state index in [0.29, 0.717) is 19.6 Å². The van der Waals surface area contributed by atoms with Crippen molar-refractivity contribution in [2.24, 2.45) is 23.2 Å². The molecule has 6 nitrogen and oxygen atoms in total. The molecule has 1 aliphatic carbocycles. The highest BCUT2D eigenvalue weighted by Gasteiger charge is 2.53. The van der Waals surface area contributed by atoms with E-state index < -0.39 is 23.3 Å². The van der Waals surface area contributed by atoms with Crippen LogP contribution < -0.4 is 0 Å². The first-order valence-electron chi connectivity index (χ1n) is 7.30. The molecule has 0 aromatic heterocycles. The highest BCUT2D eigenvalue weighted by molar-refractivity contribution is 5.85. The number of carboxylic acid groups (broad SMARTS) is 2. The van der Waals surface area contributed by atoms with Gasteiger partial charge in [-0.1, -0.05) is 12.2 Å². The van der Waals surface area contributed by atoms with Crippen LogP contribution in [0.15, 0.2) is 12.2 Å². The fourth-order valence-electron chi connectivity index (χ4n) is 3.49. The smallest absolute Gasteiger partial charge is 0.314 e. The molecule has 3 aliphatic rings. The Morgan fingerprint density at radius 3 is 2.24 bits per heavy atom. The van der Waals surface area contributed by atoms with Gasteiger partial charge < -0.3 is 19.7 Å². The maximum absolute atomic E-state index is 11.8. The first-order valence-corrected chi connectivity index (χ1v) is 7.30. The van der Waals surface area contributed by atoms with Crippen LogP contribution in [-0.4, -0.2) is 47.6 Å². The highest BCUT2D eigenvalue weighted by atomic mass is 16.6. The summed E-state index contributed by atoms with van der Waals surface area (Å²) in [4.78, 5) is 23.4. The Kier molecular flexibility index (Phi) is 3.53. The monoisotopic (exact) mass is 296 g/mol. The summed E-state index contributed by atoms with van der Waals surface area (Å²) < 4.78 is 10.5. The molecular formula is C15H20O6. The van der Waals surface area contributed by atoms with Crippen molar-refractivity contribution in [1.29, 1.82) is 0 Å². The van der Waals surface area contributed by atoms with Gasteiger partial charge in [0.25, 0.3) is 0 Å². The van der Waals surface area contributed by atoms with Crippen molar-refractivity contribution in [3.05, 3.63) is 12.2 Å². The van der Waals surface area contributed by atoms with Gasteiger partial charge in [0.05, 0.1) is 36.8 Å². The molecule has 6 unspecified atom stereocenters. The van der Waals surface area contributed by atoms with Gasteiger partial charge in [-0.3, -0.25) is 9.59 Å². The first-order chi connectivity index (χ1) is 9.91. The molecule has 2 heterocycles. The molecule has 2 aliphatic heterocycles. The van der Waals surface area contributed by atoms with Crippen molar-refractivity contribution in [3.63, 3.8) is 0 Å². The molecule has 116 valence electrons. The van der Waals surface area contributed by atoms with Crippen molar-refractivity contribution in [2.45, 2.75) is 32.0 Å². The highest BCUT2D eigenvalue weighted by Crippen LogP contribution is 2.48. The first kappa shape index (κ1) is 14.5. The molecule has 0 bridgehead atoms. The summed E-state index contributed by atoms with van der Waals surface area (Å²) in [5.74, 6) is -3.26. The minimum absolute atomic E-state index is 0.0372. The van der Waals surface area contributed by atoms with Gasteiger partial charge in [-0.15, -0.1) is 0 Å². The Bertz CT molecular complexity index is 479. The lowest BCUT2D eigenvalue weighted by atomic mass is 9.60. The van der Waals surface area contributed by atoms with Crippen molar-refractivity contribution in [3.8, 4) is 0 Å². The lowest BCUT2D eigenvalue weighted by molar-refractivity contribution is -0.162. The molecule has 0 spiro atoms. The predicted molar refractivity (Wildman–Crippen MR) is 71.7 cm³/mol. The summed E-state index contributed by atoms with van der Waals surface area (Å²) in [5.41, 5.74) is -1.37. The molecule has 0 aromatic rings. The number of ether oxygens (including phenoxy) is 2. The number of allylic oxidation sites excluding steroid dienone is 1. The molecule has 2 N–H and O–H groups in total. The van der Waals surface area contributed by atoms with Crippen LogP contribution in [0.5, 0.6) is 0 Å². The van der Waals surface area contributed by atoms with Crippen LogP contribution in [0, 0.1) is 23.2 Å². The summed E-state index contributed by atoms with van der Waals surface area (Å²) in [6.45, 7) is 2.85. The van der Waals surface area contributed by atoms with Gasteiger partial charge in [-0.05, 0) is 31.6 Å². The Morgan fingerprint density at radius 2 is 1.76 bits per heavy atom. The average Bonchev–Trinajstić information content (AvgIpc) is 3.27. The Morgan fingerprint density at radius 1 is 1.19 bits per heavy atom. The molecule has 6 atom stereocenters. The van der Waals surface area contributed by atoms with E-state index in [-0.39, 0.29) is 24.0 Å². The van der Waals surface area contributed by atoms with Gasteiger partial charge in [0.2, 0.25) is 0 Å². The molecule has 6 heteroatoms. The largest absolute Gasteiger partial charge is 0.481 e. The Labute approximate surface area is 122 Å². The summed E-state index contributed by atoms with van der Waals surface area (Å²) in [6.07, 6.45) is 5.05. The van der Waals surface area contributed by atoms with E-state index in [1.807, 2.05) is 6.08 Å². The third-order valence-corrected chi connectivity index (χ3v) is 4.92. The standard InChI is InChI=1S/C15H20O6/c1-15(14(18)19)3-2-8(4-9-6-20-9)11(5-10-7-21-10)12(15)13(16)17/h2-3,8-12H,4-7H2,1H3,(H,16,17)(H,18,19). The summed E-state index contributed by atoms with van der Waals surface area (Å²) in [5, 5.41) is 19.1. The molecule has 0 saturated carbocycles. The van der Waals surface area contributed by atoms with E-state index in [0.717, 1.165) is 6.42 Å². The van der Waals surface area contributed by atoms with Crippen molar-refractivity contribution >= 4 is 11.9 Å². The maximum atomic E-state index is 11.8. The van der Waals surface area contributed by atoms with Gasteiger partial charge >= 0.3 is 11.9 Å². The lowest BCUT2D eigenvalue weighted by Gasteiger charge is -2.41. The molecule has 2 fully saturated rings. The third-order valence-electron chi connectivity index (χ3n) is 4.92. The van der Waals surface area contributed by atoms with Crippen LogP contribution in [-0.2, 0) is 19.1 Å². The molecule has 3 rings (SSSR count). The molecule has 0 radical (unpaired) electrons. The summed E-state index contributed by atoms with van der Waals surface area (Å²) in [6, 6.07) is 0. The fraction of sp³-hybridized carbons (Fsp3) is 0.733. The van der Waals surface area contributed by atoms with E-state index in [1.165, 1.54) is 6.92 Å². The van der Waals surface area contributed by atoms with E-state index in [4.69, 9.17) is 9.47 Å². The number of aliphatic carboxylic acids is 2. The SMILES string of the molecule is CC1(C(=O)O)C=CC(CC2CO2)C(CC2CO2)C1C(=O)O. The minimum Gasteiger partial charge on any atom is -0.481 e. The topological polar surface area (TPSA) is 99.7 Å². The van der Waals surface area contributed by atoms with Crippen LogP contribution in [0.3, 0.4) is 0 Å². The van der Waals surface area contributed by atoms with E-state index >= 15 is 0 Å². The van der Waals surface area contributed by atoms with Crippen LogP contribution in [0.25, 0.3) is 0 Å². The van der Waals surface area contributed by atoms with Gasteiger partial charge in [0, 0.05) is 0 Å². The van der Waals surface area contributed by atoms with Gasteiger partial charge in [-0.2, -0.15) is 0 Å². The normalized spacial score (nSPS) is 44.3.